The van der Waals surface area contributed by atoms with Gasteiger partial charge in [0.25, 0.3) is 0 Å². The molecule has 0 radical (unpaired) electrons. The zero-order chi connectivity index (χ0) is 22.1. The molecule has 1 aliphatic rings. The van der Waals surface area contributed by atoms with Crippen LogP contribution in [0.3, 0.4) is 0 Å². The summed E-state index contributed by atoms with van der Waals surface area (Å²) in [6, 6.07) is 4.01. The molecule has 31 heavy (non-hydrogen) atoms. The van der Waals surface area contributed by atoms with Crippen molar-refractivity contribution in [1.82, 2.24) is 24.6 Å². The number of Topliss-reactive ketones (excluding diaryl/α,β-unsaturated/α-hetero) is 1. The Hall–Kier alpha value is -2.58. The number of carbonyl (C=O) groups excluding carboxylic acids is 1. The highest BCUT2D eigenvalue weighted by Gasteiger charge is 2.30. The second-order valence-corrected chi connectivity index (χ2v) is 9.78. The van der Waals surface area contributed by atoms with E-state index in [1.54, 1.807) is 17.5 Å². The molecule has 0 fully saturated rings. The van der Waals surface area contributed by atoms with Gasteiger partial charge in [-0.2, -0.15) is 5.10 Å². The number of nitrogens with zero attached hydrogens (tertiary/aromatic N) is 5. The van der Waals surface area contributed by atoms with Crippen LogP contribution in [0.2, 0.25) is 0 Å². The number of aryl methyl sites for hydroxylation is 1. The van der Waals surface area contributed by atoms with E-state index in [1.165, 1.54) is 5.56 Å². The normalized spacial score (nSPS) is 13.0. The molecule has 0 saturated heterocycles. The topological polar surface area (TPSA) is 89.9 Å². The van der Waals surface area contributed by atoms with E-state index >= 15 is 0 Å². The van der Waals surface area contributed by atoms with Crippen molar-refractivity contribution < 1.29 is 4.79 Å². The first kappa shape index (κ1) is 21.6. The smallest absolute Gasteiger partial charge is 0.139 e. The van der Waals surface area contributed by atoms with Crippen LogP contribution in [0, 0.1) is 0 Å². The third-order valence-electron chi connectivity index (χ3n) is 5.54. The van der Waals surface area contributed by atoms with Crippen molar-refractivity contribution in [3.8, 4) is 21.8 Å². The first-order valence-corrected chi connectivity index (χ1v) is 11.6. The molecule has 8 heteroatoms. The molecule has 0 bridgehead atoms. The fourth-order valence-electron chi connectivity index (χ4n) is 4.02. The van der Waals surface area contributed by atoms with E-state index in [-0.39, 0.29) is 11.8 Å². The Balaban J connectivity index is 1.64. The highest BCUT2D eigenvalue weighted by atomic mass is 32.1. The van der Waals surface area contributed by atoms with Gasteiger partial charge in [0.1, 0.15) is 16.6 Å². The average molecular weight is 439 g/mol. The predicted octanol–water partition coefficient (Wildman–Crippen LogP) is 3.78. The maximum atomic E-state index is 12.5. The fourth-order valence-corrected chi connectivity index (χ4v) is 5.22. The molecule has 4 rings (SSSR count). The van der Waals surface area contributed by atoms with Gasteiger partial charge in [0, 0.05) is 29.8 Å². The summed E-state index contributed by atoms with van der Waals surface area (Å²) in [5, 5.41) is 5.88. The van der Waals surface area contributed by atoms with Crippen molar-refractivity contribution in [2.45, 2.75) is 52.0 Å². The van der Waals surface area contributed by atoms with Crippen LogP contribution >= 0.6 is 11.3 Å². The molecule has 164 valence electrons. The number of ketones is 1. The Bertz CT molecular complexity index is 1080. The lowest BCUT2D eigenvalue weighted by Gasteiger charge is -2.16. The Morgan fingerprint density at radius 1 is 1.29 bits per heavy atom. The second-order valence-electron chi connectivity index (χ2n) is 8.69. The lowest BCUT2D eigenvalue weighted by atomic mass is 9.95. The van der Waals surface area contributed by atoms with Crippen molar-refractivity contribution in [1.29, 1.82) is 0 Å². The molecule has 3 aromatic rings. The van der Waals surface area contributed by atoms with Gasteiger partial charge >= 0.3 is 0 Å². The van der Waals surface area contributed by atoms with E-state index in [0.29, 0.717) is 18.7 Å². The molecule has 3 heterocycles. The van der Waals surface area contributed by atoms with Gasteiger partial charge in [-0.05, 0) is 65.9 Å². The molecule has 0 unspecified atom stereocenters. The van der Waals surface area contributed by atoms with Gasteiger partial charge < -0.3 is 10.6 Å². The first-order valence-electron chi connectivity index (χ1n) is 10.8. The summed E-state index contributed by atoms with van der Waals surface area (Å²) in [6.07, 6.45) is 5.46. The molecule has 0 atom stereocenters. The summed E-state index contributed by atoms with van der Waals surface area (Å²) in [5.74, 6) is 0.768. The zero-order valence-corrected chi connectivity index (χ0v) is 19.5. The lowest BCUT2D eigenvalue weighted by molar-refractivity contribution is -0.118. The van der Waals surface area contributed by atoms with Crippen LogP contribution in [0.15, 0.2) is 18.3 Å². The van der Waals surface area contributed by atoms with Gasteiger partial charge in [0.15, 0.2) is 0 Å². The van der Waals surface area contributed by atoms with Gasteiger partial charge in [0.05, 0.1) is 28.4 Å². The third kappa shape index (κ3) is 4.55. The number of aromatic nitrogens is 4. The van der Waals surface area contributed by atoms with Crippen molar-refractivity contribution in [2.24, 2.45) is 0 Å². The molecule has 0 aliphatic heterocycles. The maximum Gasteiger partial charge on any atom is 0.139 e. The number of hydrogen-bond acceptors (Lipinski definition) is 7. The molecule has 0 spiro atoms. The Labute approximate surface area is 187 Å². The van der Waals surface area contributed by atoms with E-state index in [0.717, 1.165) is 58.3 Å². The molecule has 0 saturated carbocycles. The standard InChI is InChI=1S/C23H30N6OS/c1-14(2)29-22-17(21(27-29)15-7-10-19(24)25-13-15)8-9-18-23(22)31-20(26-18)12-16(30)6-5-11-28(3)4/h7,10,13-14H,5-6,8-9,11-12H2,1-4H3,(H2,24,25). The van der Waals surface area contributed by atoms with Crippen LogP contribution < -0.4 is 5.73 Å². The van der Waals surface area contributed by atoms with Crippen LogP contribution in [0.4, 0.5) is 5.82 Å². The van der Waals surface area contributed by atoms with E-state index in [4.69, 9.17) is 15.8 Å². The molecule has 1 aliphatic carbocycles. The fraction of sp³-hybridized carbons (Fsp3) is 0.478. The molecule has 7 nitrogen and oxygen atoms in total. The molecule has 3 aromatic heterocycles. The highest BCUT2D eigenvalue weighted by molar-refractivity contribution is 7.15. The number of anilines is 1. The van der Waals surface area contributed by atoms with Crippen molar-refractivity contribution in [2.75, 3.05) is 26.4 Å². The second kappa shape index (κ2) is 8.88. The summed E-state index contributed by atoms with van der Waals surface area (Å²) in [7, 11) is 4.06. The third-order valence-corrected chi connectivity index (χ3v) is 6.64. The molecule has 0 amide bonds. The Kier molecular flexibility index (Phi) is 6.20. The minimum absolute atomic E-state index is 0.216. The van der Waals surface area contributed by atoms with Gasteiger partial charge in [-0.1, -0.05) is 0 Å². The number of nitrogen functional groups attached to an aromatic ring is 1. The Morgan fingerprint density at radius 2 is 2.10 bits per heavy atom. The number of thiazole rings is 1. The van der Waals surface area contributed by atoms with Gasteiger partial charge in [-0.3, -0.25) is 9.48 Å². The quantitative estimate of drug-likeness (QED) is 0.576. The van der Waals surface area contributed by atoms with Gasteiger partial charge in [-0.15, -0.1) is 11.3 Å². The molecular formula is C23H30N6OS. The number of rotatable bonds is 8. The molecular weight excluding hydrogens is 408 g/mol. The zero-order valence-electron chi connectivity index (χ0n) is 18.7. The average Bonchev–Trinajstić information content (AvgIpc) is 3.29. The largest absolute Gasteiger partial charge is 0.384 e. The van der Waals surface area contributed by atoms with Gasteiger partial charge in [-0.25, -0.2) is 9.97 Å². The number of fused-ring (bicyclic) bond motifs is 3. The van der Waals surface area contributed by atoms with E-state index in [1.807, 2.05) is 26.2 Å². The van der Waals surface area contributed by atoms with Crippen molar-refractivity contribution in [3.63, 3.8) is 0 Å². The molecule has 0 aromatic carbocycles. The SMILES string of the molecule is CC(C)n1nc(-c2ccc(N)nc2)c2c1-c1sc(CC(=O)CCCN(C)C)nc1CC2. The van der Waals surface area contributed by atoms with Crippen molar-refractivity contribution >= 4 is 22.9 Å². The number of hydrogen-bond donors (Lipinski definition) is 1. The van der Waals surface area contributed by atoms with Gasteiger partial charge in [0.2, 0.25) is 0 Å². The van der Waals surface area contributed by atoms with Crippen LogP contribution in [-0.4, -0.2) is 51.1 Å². The van der Waals surface area contributed by atoms with Crippen LogP contribution in [0.1, 0.15) is 49.0 Å². The van der Waals surface area contributed by atoms with Crippen LogP contribution in [0.25, 0.3) is 21.8 Å². The minimum atomic E-state index is 0.216. The lowest BCUT2D eigenvalue weighted by Crippen LogP contribution is -2.14. The highest BCUT2D eigenvalue weighted by Crippen LogP contribution is 2.43. The summed E-state index contributed by atoms with van der Waals surface area (Å²) >= 11 is 1.65. The summed E-state index contributed by atoms with van der Waals surface area (Å²) in [4.78, 5) is 24.8. The van der Waals surface area contributed by atoms with E-state index in [2.05, 4.69) is 28.4 Å². The maximum absolute atomic E-state index is 12.5. The Morgan fingerprint density at radius 3 is 2.77 bits per heavy atom. The number of pyridine rings is 1. The summed E-state index contributed by atoms with van der Waals surface area (Å²) < 4.78 is 2.10. The number of carbonyl (C=O) groups is 1. The minimum Gasteiger partial charge on any atom is -0.384 e. The van der Waals surface area contributed by atoms with E-state index < -0.39 is 0 Å². The summed E-state index contributed by atoms with van der Waals surface area (Å²) in [6.45, 7) is 5.21. The van der Waals surface area contributed by atoms with Crippen LogP contribution in [0.5, 0.6) is 0 Å². The monoisotopic (exact) mass is 438 g/mol. The molecule has 2 N–H and O–H groups in total. The number of nitrogens with two attached hydrogens (primary N) is 1. The van der Waals surface area contributed by atoms with Crippen molar-refractivity contribution in [3.05, 3.63) is 34.6 Å². The van der Waals surface area contributed by atoms with Crippen LogP contribution in [-0.2, 0) is 24.1 Å². The van der Waals surface area contributed by atoms with E-state index in [9.17, 15) is 4.79 Å². The first-order chi connectivity index (χ1) is 14.8. The predicted molar refractivity (Wildman–Crippen MR) is 125 cm³/mol. The summed E-state index contributed by atoms with van der Waals surface area (Å²) in [5.41, 5.74) is 11.2.